The van der Waals surface area contributed by atoms with Gasteiger partial charge in [0.25, 0.3) is 0 Å². The quantitative estimate of drug-likeness (QED) is 0.716. The van der Waals surface area contributed by atoms with Crippen molar-refractivity contribution >= 4 is 38.9 Å². The molecule has 0 unspecified atom stereocenters. The zero-order valence-electron chi connectivity index (χ0n) is 12.4. The van der Waals surface area contributed by atoms with Crippen LogP contribution in [0.3, 0.4) is 0 Å². The van der Waals surface area contributed by atoms with Crippen LogP contribution in [0.5, 0.6) is 5.75 Å². The second-order valence-electron chi connectivity index (χ2n) is 5.83. The first-order valence-corrected chi connectivity index (χ1v) is 8.73. The maximum atomic E-state index is 6.29. The monoisotopic (exact) mass is 387 g/mol. The standard InChI is InChI=1S/C16H19BrClNOS/c1-16(2,3)19-9-11-5-4-6-13(18)15(11)20-10-12-7-8-14(17)21-12/h4-8,19H,9-10H2,1-3H3. The molecular weight excluding hydrogens is 370 g/mol. The SMILES string of the molecule is CC(C)(C)NCc1cccc(Cl)c1OCc1ccc(Br)s1. The maximum absolute atomic E-state index is 6.29. The molecule has 114 valence electrons. The number of benzene rings is 1. The van der Waals surface area contributed by atoms with E-state index < -0.39 is 0 Å². The highest BCUT2D eigenvalue weighted by Crippen LogP contribution is 2.31. The molecule has 1 N–H and O–H groups in total. The summed E-state index contributed by atoms with van der Waals surface area (Å²) in [6, 6.07) is 9.94. The summed E-state index contributed by atoms with van der Waals surface area (Å²) < 4.78 is 7.06. The highest BCUT2D eigenvalue weighted by atomic mass is 79.9. The number of rotatable bonds is 5. The van der Waals surface area contributed by atoms with Crippen LogP contribution in [0.25, 0.3) is 0 Å². The lowest BCUT2D eigenvalue weighted by Crippen LogP contribution is -2.35. The van der Waals surface area contributed by atoms with Crippen LogP contribution in [0, 0.1) is 0 Å². The highest BCUT2D eigenvalue weighted by Gasteiger charge is 2.13. The molecule has 0 amide bonds. The molecule has 0 aliphatic rings. The molecule has 0 radical (unpaired) electrons. The van der Waals surface area contributed by atoms with Crippen molar-refractivity contribution in [2.45, 2.75) is 39.5 Å². The summed E-state index contributed by atoms with van der Waals surface area (Å²) in [6.07, 6.45) is 0. The number of ether oxygens (including phenoxy) is 1. The number of hydrogen-bond donors (Lipinski definition) is 1. The molecule has 21 heavy (non-hydrogen) atoms. The van der Waals surface area contributed by atoms with E-state index in [9.17, 15) is 0 Å². The normalized spacial score (nSPS) is 11.7. The third kappa shape index (κ3) is 5.29. The number of hydrogen-bond acceptors (Lipinski definition) is 3. The van der Waals surface area contributed by atoms with Gasteiger partial charge in [-0.15, -0.1) is 11.3 Å². The highest BCUT2D eigenvalue weighted by molar-refractivity contribution is 9.11. The third-order valence-electron chi connectivity index (χ3n) is 2.85. The molecule has 1 heterocycles. The maximum Gasteiger partial charge on any atom is 0.142 e. The number of thiophene rings is 1. The molecular formula is C16H19BrClNOS. The molecule has 2 aromatic rings. The van der Waals surface area contributed by atoms with Gasteiger partial charge in [-0.1, -0.05) is 23.7 Å². The molecule has 1 aromatic carbocycles. The fourth-order valence-electron chi connectivity index (χ4n) is 1.79. The Labute approximate surface area is 143 Å². The van der Waals surface area contributed by atoms with Gasteiger partial charge in [0, 0.05) is 22.5 Å². The Kier molecular flexibility index (Phi) is 5.72. The van der Waals surface area contributed by atoms with E-state index >= 15 is 0 Å². The molecule has 5 heteroatoms. The minimum Gasteiger partial charge on any atom is -0.486 e. The van der Waals surface area contributed by atoms with Crippen LogP contribution in [0.4, 0.5) is 0 Å². The predicted octanol–water partition coefficient (Wildman–Crippen LogP) is 5.63. The lowest BCUT2D eigenvalue weighted by molar-refractivity contribution is 0.303. The van der Waals surface area contributed by atoms with Gasteiger partial charge >= 0.3 is 0 Å². The Balaban J connectivity index is 2.10. The van der Waals surface area contributed by atoms with E-state index in [0.29, 0.717) is 11.6 Å². The molecule has 2 nitrogen and oxygen atoms in total. The van der Waals surface area contributed by atoms with Gasteiger partial charge in [-0.2, -0.15) is 0 Å². The molecule has 0 fully saturated rings. The molecule has 0 aliphatic carbocycles. The van der Waals surface area contributed by atoms with Gasteiger partial charge in [0.2, 0.25) is 0 Å². The van der Waals surface area contributed by atoms with E-state index in [0.717, 1.165) is 26.5 Å². The average Bonchev–Trinajstić information content (AvgIpc) is 2.80. The van der Waals surface area contributed by atoms with E-state index in [1.165, 1.54) is 0 Å². The minimum atomic E-state index is 0.0538. The Hall–Kier alpha value is -0.550. The Bertz CT molecular complexity index is 607. The lowest BCUT2D eigenvalue weighted by atomic mass is 10.1. The van der Waals surface area contributed by atoms with Gasteiger partial charge in [-0.25, -0.2) is 0 Å². The van der Waals surface area contributed by atoms with Crippen LogP contribution in [0.1, 0.15) is 31.2 Å². The summed E-state index contributed by atoms with van der Waals surface area (Å²) in [5.74, 6) is 0.764. The smallest absolute Gasteiger partial charge is 0.142 e. The van der Waals surface area contributed by atoms with Crippen LogP contribution in [0.15, 0.2) is 34.1 Å². The van der Waals surface area contributed by atoms with Gasteiger partial charge in [-0.05, 0) is 54.9 Å². The first kappa shape index (κ1) is 16.8. The summed E-state index contributed by atoms with van der Waals surface area (Å²) in [4.78, 5) is 1.16. The van der Waals surface area contributed by atoms with Crippen molar-refractivity contribution < 1.29 is 4.74 Å². The first-order valence-electron chi connectivity index (χ1n) is 6.74. The molecule has 0 spiro atoms. The van der Waals surface area contributed by atoms with Crippen LogP contribution >= 0.6 is 38.9 Å². The van der Waals surface area contributed by atoms with Crippen LogP contribution in [0.2, 0.25) is 5.02 Å². The van der Waals surface area contributed by atoms with Gasteiger partial charge < -0.3 is 10.1 Å². The van der Waals surface area contributed by atoms with Crippen LogP contribution in [-0.4, -0.2) is 5.54 Å². The van der Waals surface area contributed by atoms with E-state index in [1.54, 1.807) is 11.3 Å². The molecule has 0 atom stereocenters. The fraction of sp³-hybridized carbons (Fsp3) is 0.375. The van der Waals surface area contributed by atoms with Crippen molar-refractivity contribution in [2.24, 2.45) is 0 Å². The lowest BCUT2D eigenvalue weighted by Gasteiger charge is -2.22. The third-order valence-corrected chi connectivity index (χ3v) is 4.74. The zero-order valence-corrected chi connectivity index (χ0v) is 15.5. The summed E-state index contributed by atoms with van der Waals surface area (Å²) in [6.45, 7) is 7.68. The number of halogens is 2. The Morgan fingerprint density at radius 1 is 1.24 bits per heavy atom. The van der Waals surface area contributed by atoms with Gasteiger partial charge in [0.1, 0.15) is 12.4 Å². The van der Waals surface area contributed by atoms with Crippen molar-refractivity contribution in [3.05, 3.63) is 49.6 Å². The topological polar surface area (TPSA) is 21.3 Å². The zero-order chi connectivity index (χ0) is 15.5. The second-order valence-corrected chi connectivity index (χ2v) is 8.78. The first-order chi connectivity index (χ1) is 9.85. The van der Waals surface area contributed by atoms with E-state index in [1.807, 2.05) is 24.3 Å². The van der Waals surface area contributed by atoms with Crippen molar-refractivity contribution in [1.29, 1.82) is 0 Å². The van der Waals surface area contributed by atoms with Crippen LogP contribution < -0.4 is 10.1 Å². The summed E-state index contributed by atoms with van der Waals surface area (Å²) in [5.41, 5.74) is 1.13. The van der Waals surface area contributed by atoms with Crippen molar-refractivity contribution in [3.63, 3.8) is 0 Å². The number of para-hydroxylation sites is 1. The molecule has 1 aromatic heterocycles. The van der Waals surface area contributed by atoms with Crippen molar-refractivity contribution in [1.82, 2.24) is 5.32 Å². The molecule has 0 bridgehead atoms. The molecule has 0 saturated heterocycles. The molecule has 2 rings (SSSR count). The molecule has 0 saturated carbocycles. The van der Waals surface area contributed by atoms with E-state index in [-0.39, 0.29) is 5.54 Å². The average molecular weight is 389 g/mol. The van der Waals surface area contributed by atoms with Gasteiger partial charge in [0.15, 0.2) is 0 Å². The Morgan fingerprint density at radius 2 is 2.00 bits per heavy atom. The fourth-order valence-corrected chi connectivity index (χ4v) is 3.43. The summed E-state index contributed by atoms with van der Waals surface area (Å²) in [7, 11) is 0. The summed E-state index contributed by atoms with van der Waals surface area (Å²) in [5, 5.41) is 4.12. The largest absolute Gasteiger partial charge is 0.486 e. The molecule has 0 aliphatic heterocycles. The summed E-state index contributed by atoms with van der Waals surface area (Å²) >= 11 is 11.4. The van der Waals surface area contributed by atoms with Crippen molar-refractivity contribution in [2.75, 3.05) is 0 Å². The second kappa shape index (κ2) is 7.14. The number of nitrogens with one attached hydrogen (secondary N) is 1. The Morgan fingerprint density at radius 3 is 2.62 bits per heavy atom. The van der Waals surface area contributed by atoms with Gasteiger partial charge in [0.05, 0.1) is 8.81 Å². The van der Waals surface area contributed by atoms with Crippen LogP contribution in [-0.2, 0) is 13.2 Å². The van der Waals surface area contributed by atoms with E-state index in [4.69, 9.17) is 16.3 Å². The van der Waals surface area contributed by atoms with Gasteiger partial charge in [-0.3, -0.25) is 0 Å². The predicted molar refractivity (Wildman–Crippen MR) is 94.4 cm³/mol. The minimum absolute atomic E-state index is 0.0538. The van der Waals surface area contributed by atoms with Crippen molar-refractivity contribution in [3.8, 4) is 5.75 Å². The van der Waals surface area contributed by atoms with E-state index in [2.05, 4.69) is 48.1 Å².